The Bertz CT molecular complexity index is 1290. The van der Waals surface area contributed by atoms with E-state index in [2.05, 4.69) is 10.3 Å². The van der Waals surface area contributed by atoms with Gasteiger partial charge in [-0.05, 0) is 24.3 Å². The Hall–Kier alpha value is -4.39. The molecule has 0 atom stereocenters. The number of rotatable bonds is 6. The molecule has 7 nitrogen and oxygen atoms in total. The predicted octanol–water partition coefficient (Wildman–Crippen LogP) is 3.86. The maximum absolute atomic E-state index is 12.2. The van der Waals surface area contributed by atoms with E-state index in [1.807, 2.05) is 54.6 Å². The van der Waals surface area contributed by atoms with Crippen LogP contribution < -0.4 is 5.32 Å². The number of carboxylic acids is 1. The van der Waals surface area contributed by atoms with Crippen molar-refractivity contribution in [3.05, 3.63) is 95.6 Å². The van der Waals surface area contributed by atoms with Gasteiger partial charge >= 0.3 is 5.97 Å². The highest BCUT2D eigenvalue weighted by molar-refractivity contribution is 6.21. The van der Waals surface area contributed by atoms with Gasteiger partial charge in [0, 0.05) is 22.0 Å². The molecule has 0 saturated heterocycles. The molecule has 1 amide bonds. The standard InChI is InChI=1S/C24H19N3O4/c28-20(29)14-25-23(30)16-9-6-10-17(13-16)26-22(15-7-2-1-3-8-15)21-18-11-4-5-12-19(18)27-24(21)31/h1-13,27,31H,14H2,(H,25,30)(H,28,29). The van der Waals surface area contributed by atoms with Crippen LogP contribution in [0.3, 0.4) is 0 Å². The minimum atomic E-state index is -1.12. The van der Waals surface area contributed by atoms with Gasteiger partial charge in [0.05, 0.1) is 17.0 Å². The molecule has 31 heavy (non-hydrogen) atoms. The molecule has 1 aromatic heterocycles. The Morgan fingerprint density at radius 1 is 0.903 bits per heavy atom. The molecule has 4 N–H and O–H groups in total. The van der Waals surface area contributed by atoms with E-state index in [1.165, 1.54) is 0 Å². The smallest absolute Gasteiger partial charge is 0.322 e. The van der Waals surface area contributed by atoms with Crippen molar-refractivity contribution in [1.82, 2.24) is 10.3 Å². The van der Waals surface area contributed by atoms with Gasteiger partial charge in [0.1, 0.15) is 6.54 Å². The molecule has 7 heteroatoms. The number of aliphatic imine (C=N–C) groups is 1. The number of benzene rings is 3. The number of nitrogens with one attached hydrogen (secondary N) is 2. The normalized spacial score (nSPS) is 11.4. The molecule has 0 aliphatic heterocycles. The second-order valence-corrected chi connectivity index (χ2v) is 6.85. The first-order chi connectivity index (χ1) is 15.0. The summed E-state index contributed by atoms with van der Waals surface area (Å²) in [7, 11) is 0. The molecule has 0 saturated carbocycles. The van der Waals surface area contributed by atoms with E-state index in [-0.39, 0.29) is 11.4 Å². The van der Waals surface area contributed by atoms with E-state index in [0.29, 0.717) is 17.0 Å². The SMILES string of the molecule is O=C(O)CNC(=O)c1cccc(N=C(c2ccccc2)c2c(O)[nH]c3ccccc23)c1. The van der Waals surface area contributed by atoms with Crippen LogP contribution in [0.15, 0.2) is 83.9 Å². The largest absolute Gasteiger partial charge is 0.494 e. The zero-order chi connectivity index (χ0) is 21.8. The van der Waals surface area contributed by atoms with Crippen LogP contribution in [0.5, 0.6) is 5.88 Å². The number of aromatic amines is 1. The first kappa shape index (κ1) is 19.9. The maximum atomic E-state index is 12.2. The van der Waals surface area contributed by atoms with Gasteiger partial charge in [0.2, 0.25) is 0 Å². The number of carbonyl (C=O) groups is 2. The summed E-state index contributed by atoms with van der Waals surface area (Å²) >= 11 is 0. The van der Waals surface area contributed by atoms with Crippen LogP contribution in [0.2, 0.25) is 0 Å². The number of carbonyl (C=O) groups excluding carboxylic acids is 1. The topological polar surface area (TPSA) is 115 Å². The summed E-state index contributed by atoms with van der Waals surface area (Å²) in [4.78, 5) is 30.7. The van der Waals surface area contributed by atoms with Gasteiger partial charge in [-0.1, -0.05) is 54.6 Å². The monoisotopic (exact) mass is 413 g/mol. The van der Waals surface area contributed by atoms with Crippen LogP contribution in [0.4, 0.5) is 5.69 Å². The van der Waals surface area contributed by atoms with Crippen molar-refractivity contribution < 1.29 is 19.8 Å². The van der Waals surface area contributed by atoms with E-state index >= 15 is 0 Å². The van der Waals surface area contributed by atoms with Gasteiger partial charge in [-0.2, -0.15) is 0 Å². The minimum absolute atomic E-state index is 0.000779. The van der Waals surface area contributed by atoms with Crippen LogP contribution in [-0.4, -0.2) is 39.3 Å². The van der Waals surface area contributed by atoms with Gasteiger partial charge in [0.15, 0.2) is 5.88 Å². The highest BCUT2D eigenvalue weighted by atomic mass is 16.4. The number of fused-ring (bicyclic) bond motifs is 1. The molecule has 0 radical (unpaired) electrons. The highest BCUT2D eigenvalue weighted by Gasteiger charge is 2.18. The summed E-state index contributed by atoms with van der Waals surface area (Å²) in [5.74, 6) is -1.63. The Morgan fingerprint density at radius 3 is 2.39 bits per heavy atom. The lowest BCUT2D eigenvalue weighted by Gasteiger charge is -2.09. The summed E-state index contributed by atoms with van der Waals surface area (Å²) < 4.78 is 0. The van der Waals surface area contributed by atoms with Crippen molar-refractivity contribution in [1.29, 1.82) is 0 Å². The Balaban J connectivity index is 1.82. The van der Waals surface area contributed by atoms with Gasteiger partial charge in [-0.25, -0.2) is 4.99 Å². The number of amides is 1. The third-order valence-electron chi connectivity index (χ3n) is 4.72. The van der Waals surface area contributed by atoms with Crippen LogP contribution >= 0.6 is 0 Å². The van der Waals surface area contributed by atoms with Crippen LogP contribution in [0, 0.1) is 0 Å². The number of hydrogen-bond acceptors (Lipinski definition) is 4. The Kier molecular flexibility index (Phi) is 5.49. The number of nitrogens with zero attached hydrogens (tertiary/aromatic N) is 1. The average molecular weight is 413 g/mol. The molecule has 154 valence electrons. The zero-order valence-corrected chi connectivity index (χ0v) is 16.4. The fraction of sp³-hybridized carbons (Fsp3) is 0.0417. The van der Waals surface area contributed by atoms with Crippen LogP contribution in [0.25, 0.3) is 10.9 Å². The molecule has 0 bridgehead atoms. The number of carboxylic acid groups (broad SMARTS) is 1. The van der Waals surface area contributed by atoms with Crippen molar-refractivity contribution in [2.75, 3.05) is 6.54 Å². The van der Waals surface area contributed by atoms with Crippen molar-refractivity contribution in [3.63, 3.8) is 0 Å². The lowest BCUT2D eigenvalue weighted by atomic mass is 10.0. The lowest BCUT2D eigenvalue weighted by Crippen LogP contribution is -2.29. The third kappa shape index (κ3) is 4.30. The van der Waals surface area contributed by atoms with Crippen molar-refractivity contribution in [2.24, 2.45) is 4.99 Å². The number of aromatic nitrogens is 1. The summed E-state index contributed by atoms with van der Waals surface area (Å²) in [5.41, 5.74) is 3.45. The first-order valence-electron chi connectivity index (χ1n) is 9.57. The molecule has 0 fully saturated rings. The number of aromatic hydroxyl groups is 1. The van der Waals surface area contributed by atoms with E-state index in [4.69, 9.17) is 10.1 Å². The van der Waals surface area contributed by atoms with Crippen molar-refractivity contribution in [3.8, 4) is 5.88 Å². The third-order valence-corrected chi connectivity index (χ3v) is 4.72. The summed E-state index contributed by atoms with van der Waals surface area (Å²) in [6, 6.07) is 23.5. The van der Waals surface area contributed by atoms with E-state index in [1.54, 1.807) is 24.3 Å². The molecule has 4 rings (SSSR count). The van der Waals surface area contributed by atoms with Crippen molar-refractivity contribution >= 4 is 34.2 Å². The molecule has 3 aromatic carbocycles. The minimum Gasteiger partial charge on any atom is -0.494 e. The number of hydrogen-bond donors (Lipinski definition) is 4. The average Bonchev–Trinajstić information content (AvgIpc) is 3.12. The number of H-pyrrole nitrogens is 1. The van der Waals surface area contributed by atoms with E-state index in [0.717, 1.165) is 16.5 Å². The first-order valence-corrected chi connectivity index (χ1v) is 9.57. The molecule has 4 aromatic rings. The van der Waals surface area contributed by atoms with E-state index in [9.17, 15) is 14.7 Å². The van der Waals surface area contributed by atoms with Crippen LogP contribution in [0.1, 0.15) is 21.5 Å². The Labute approximate surface area is 177 Å². The van der Waals surface area contributed by atoms with Crippen LogP contribution in [-0.2, 0) is 4.79 Å². The molecular formula is C24H19N3O4. The lowest BCUT2D eigenvalue weighted by molar-refractivity contribution is -0.135. The fourth-order valence-corrected chi connectivity index (χ4v) is 3.33. The molecule has 0 spiro atoms. The zero-order valence-electron chi connectivity index (χ0n) is 16.4. The quantitative estimate of drug-likeness (QED) is 0.359. The molecule has 0 aliphatic rings. The number of para-hydroxylation sites is 1. The molecule has 0 aliphatic carbocycles. The Morgan fingerprint density at radius 2 is 1.61 bits per heavy atom. The van der Waals surface area contributed by atoms with Gasteiger partial charge in [-0.15, -0.1) is 0 Å². The highest BCUT2D eigenvalue weighted by Crippen LogP contribution is 2.31. The summed E-state index contributed by atoms with van der Waals surface area (Å²) in [6.07, 6.45) is 0. The fourth-order valence-electron chi connectivity index (χ4n) is 3.33. The van der Waals surface area contributed by atoms with Crippen molar-refractivity contribution in [2.45, 2.75) is 0 Å². The second-order valence-electron chi connectivity index (χ2n) is 6.85. The van der Waals surface area contributed by atoms with Gasteiger partial charge in [0.25, 0.3) is 5.91 Å². The van der Waals surface area contributed by atoms with E-state index < -0.39 is 18.4 Å². The summed E-state index contributed by atoms with van der Waals surface area (Å²) in [6.45, 7) is -0.467. The predicted molar refractivity (Wildman–Crippen MR) is 118 cm³/mol. The molecular weight excluding hydrogens is 394 g/mol. The summed E-state index contributed by atoms with van der Waals surface area (Å²) in [5, 5.41) is 22.6. The second kappa shape index (κ2) is 8.54. The van der Waals surface area contributed by atoms with Gasteiger partial charge in [-0.3, -0.25) is 9.59 Å². The maximum Gasteiger partial charge on any atom is 0.322 e. The van der Waals surface area contributed by atoms with Gasteiger partial charge < -0.3 is 20.5 Å². The molecule has 1 heterocycles. The molecule has 0 unspecified atom stereocenters. The number of aliphatic carboxylic acids is 1.